The predicted molar refractivity (Wildman–Crippen MR) is 114 cm³/mol. The zero-order valence-electron chi connectivity index (χ0n) is 16.8. The van der Waals surface area contributed by atoms with Crippen molar-refractivity contribution in [2.75, 3.05) is 51.3 Å². The Hall–Kier alpha value is -2.09. The molecule has 0 aromatic heterocycles. The Morgan fingerprint density at radius 1 is 1.04 bits per heavy atom. The highest BCUT2D eigenvalue weighted by Gasteiger charge is 2.26. The highest BCUT2D eigenvalue weighted by atomic mass is 32.2. The summed E-state index contributed by atoms with van der Waals surface area (Å²) < 4.78 is 34.0. The summed E-state index contributed by atoms with van der Waals surface area (Å²) in [6.07, 6.45) is 0. The van der Waals surface area contributed by atoms with Crippen LogP contribution in [-0.2, 0) is 10.0 Å². The first kappa shape index (κ1) is 20.6. The van der Waals surface area contributed by atoms with Gasteiger partial charge in [0.05, 0.1) is 7.11 Å². The lowest BCUT2D eigenvalue weighted by Crippen LogP contribution is -2.46. The van der Waals surface area contributed by atoms with Gasteiger partial charge in [0, 0.05) is 44.0 Å². The van der Waals surface area contributed by atoms with Gasteiger partial charge in [-0.3, -0.25) is 0 Å². The van der Waals surface area contributed by atoms with Crippen molar-refractivity contribution in [3.8, 4) is 16.9 Å². The second-order valence-electron chi connectivity index (χ2n) is 6.81. The van der Waals surface area contributed by atoms with Gasteiger partial charge in [-0.15, -0.1) is 0 Å². The van der Waals surface area contributed by atoms with Gasteiger partial charge in [0.25, 0.3) is 0 Å². The Labute approximate surface area is 168 Å². The van der Waals surface area contributed by atoms with Crippen LogP contribution in [0.3, 0.4) is 0 Å². The fourth-order valence-corrected chi connectivity index (χ4v) is 4.85. The highest BCUT2D eigenvalue weighted by Crippen LogP contribution is 2.39. The fraction of sp³-hybridized carbons (Fsp3) is 0.429. The van der Waals surface area contributed by atoms with Crippen molar-refractivity contribution in [1.82, 2.24) is 9.62 Å². The van der Waals surface area contributed by atoms with Gasteiger partial charge in [0.15, 0.2) is 0 Å². The number of hydrogen-bond acceptors (Lipinski definition) is 5. The van der Waals surface area contributed by atoms with Gasteiger partial charge in [-0.05, 0) is 24.2 Å². The van der Waals surface area contributed by atoms with E-state index >= 15 is 0 Å². The number of likely N-dealkylation sites (N-methyl/N-ethyl adjacent to an activating group) is 1. The SMILES string of the molecule is CCNS(=O)(=O)c1cc(N2CCN(CC)CC2)cc(-c2ccccc2)c1OC. The van der Waals surface area contributed by atoms with E-state index in [1.54, 1.807) is 13.0 Å². The maximum absolute atomic E-state index is 12.9. The van der Waals surface area contributed by atoms with E-state index in [9.17, 15) is 8.42 Å². The van der Waals surface area contributed by atoms with Crippen LogP contribution in [0.4, 0.5) is 5.69 Å². The molecule has 152 valence electrons. The van der Waals surface area contributed by atoms with Crippen LogP contribution in [0.2, 0.25) is 0 Å². The normalized spacial score (nSPS) is 15.6. The summed E-state index contributed by atoms with van der Waals surface area (Å²) in [5, 5.41) is 0. The summed E-state index contributed by atoms with van der Waals surface area (Å²) >= 11 is 0. The molecule has 0 unspecified atom stereocenters. The molecule has 7 heteroatoms. The van der Waals surface area contributed by atoms with Gasteiger partial charge in [0.1, 0.15) is 10.6 Å². The van der Waals surface area contributed by atoms with Crippen LogP contribution < -0.4 is 14.4 Å². The number of nitrogens with one attached hydrogen (secondary N) is 1. The monoisotopic (exact) mass is 403 g/mol. The number of benzene rings is 2. The second kappa shape index (κ2) is 8.94. The summed E-state index contributed by atoms with van der Waals surface area (Å²) in [6.45, 7) is 8.98. The van der Waals surface area contributed by atoms with E-state index in [2.05, 4.69) is 21.4 Å². The van der Waals surface area contributed by atoms with Crippen molar-refractivity contribution in [2.45, 2.75) is 18.7 Å². The summed E-state index contributed by atoms with van der Waals surface area (Å²) in [5.41, 5.74) is 2.63. The molecule has 3 rings (SSSR count). The molecule has 0 bridgehead atoms. The second-order valence-corrected chi connectivity index (χ2v) is 8.55. The van der Waals surface area contributed by atoms with Crippen molar-refractivity contribution in [1.29, 1.82) is 0 Å². The lowest BCUT2D eigenvalue weighted by molar-refractivity contribution is 0.271. The van der Waals surface area contributed by atoms with Gasteiger partial charge in [-0.25, -0.2) is 13.1 Å². The number of anilines is 1. The first-order valence-electron chi connectivity index (χ1n) is 9.74. The highest BCUT2D eigenvalue weighted by molar-refractivity contribution is 7.89. The maximum Gasteiger partial charge on any atom is 0.244 e. The molecule has 0 aliphatic carbocycles. The zero-order chi connectivity index (χ0) is 20.1. The molecule has 0 amide bonds. The number of methoxy groups -OCH3 is 1. The molecule has 0 atom stereocenters. The zero-order valence-corrected chi connectivity index (χ0v) is 17.6. The average Bonchev–Trinajstić information content (AvgIpc) is 2.73. The molecule has 1 N–H and O–H groups in total. The average molecular weight is 404 g/mol. The van der Waals surface area contributed by atoms with Crippen LogP contribution in [0.25, 0.3) is 11.1 Å². The van der Waals surface area contributed by atoms with Crippen LogP contribution in [0.1, 0.15) is 13.8 Å². The quantitative estimate of drug-likeness (QED) is 0.770. The number of hydrogen-bond donors (Lipinski definition) is 1. The first-order valence-corrected chi connectivity index (χ1v) is 11.2. The molecular weight excluding hydrogens is 374 g/mol. The molecule has 0 radical (unpaired) electrons. The molecule has 2 aromatic rings. The number of piperazine rings is 1. The Balaban J connectivity index is 2.13. The number of rotatable bonds is 7. The Morgan fingerprint density at radius 2 is 1.71 bits per heavy atom. The lowest BCUT2D eigenvalue weighted by Gasteiger charge is -2.36. The fourth-order valence-electron chi connectivity index (χ4n) is 3.60. The predicted octanol–water partition coefficient (Wildman–Crippen LogP) is 2.80. The molecule has 28 heavy (non-hydrogen) atoms. The van der Waals surface area contributed by atoms with Gasteiger partial charge >= 0.3 is 0 Å². The minimum atomic E-state index is -3.67. The summed E-state index contributed by atoms with van der Waals surface area (Å²) in [5.74, 6) is 0.378. The van der Waals surface area contributed by atoms with Crippen LogP contribution in [0.15, 0.2) is 47.4 Å². The smallest absolute Gasteiger partial charge is 0.244 e. The largest absolute Gasteiger partial charge is 0.495 e. The third-order valence-electron chi connectivity index (χ3n) is 5.14. The van der Waals surface area contributed by atoms with E-state index in [1.807, 2.05) is 36.4 Å². The van der Waals surface area contributed by atoms with Gasteiger partial charge in [0.2, 0.25) is 10.0 Å². The number of ether oxygens (including phenoxy) is 1. The molecular formula is C21H29N3O3S. The Kier molecular flexibility index (Phi) is 6.59. The molecule has 2 aromatic carbocycles. The van der Waals surface area contributed by atoms with Gasteiger partial charge in [-0.1, -0.05) is 44.2 Å². The van der Waals surface area contributed by atoms with E-state index in [0.717, 1.165) is 49.5 Å². The van der Waals surface area contributed by atoms with Crippen molar-refractivity contribution < 1.29 is 13.2 Å². The third-order valence-corrected chi connectivity index (χ3v) is 6.69. The molecule has 0 saturated carbocycles. The number of sulfonamides is 1. The van der Waals surface area contributed by atoms with E-state index in [0.29, 0.717) is 12.3 Å². The summed E-state index contributed by atoms with van der Waals surface area (Å²) in [7, 11) is -2.15. The Bertz CT molecular complexity index is 893. The minimum absolute atomic E-state index is 0.186. The van der Waals surface area contributed by atoms with Gasteiger partial charge in [-0.2, -0.15) is 0 Å². The molecule has 1 fully saturated rings. The van der Waals surface area contributed by atoms with Crippen molar-refractivity contribution in [3.05, 3.63) is 42.5 Å². The van der Waals surface area contributed by atoms with E-state index < -0.39 is 10.0 Å². The summed E-state index contributed by atoms with van der Waals surface area (Å²) in [6, 6.07) is 13.6. The topological polar surface area (TPSA) is 61.9 Å². The third kappa shape index (κ3) is 4.32. The van der Waals surface area contributed by atoms with Crippen LogP contribution in [0.5, 0.6) is 5.75 Å². The standard InChI is InChI=1S/C21H29N3O3S/c1-4-22-28(25,26)20-16-18(24-13-11-23(5-2)12-14-24)15-19(21(20)27-3)17-9-7-6-8-10-17/h6-10,15-16,22H,4-5,11-14H2,1-3H3. The summed E-state index contributed by atoms with van der Waals surface area (Å²) in [4.78, 5) is 4.84. The van der Waals surface area contributed by atoms with Crippen molar-refractivity contribution in [3.63, 3.8) is 0 Å². The Morgan fingerprint density at radius 3 is 2.29 bits per heavy atom. The van der Waals surface area contributed by atoms with E-state index in [-0.39, 0.29) is 4.90 Å². The molecule has 1 aliphatic rings. The van der Waals surface area contributed by atoms with Crippen molar-refractivity contribution >= 4 is 15.7 Å². The van der Waals surface area contributed by atoms with Crippen LogP contribution >= 0.6 is 0 Å². The first-order chi connectivity index (χ1) is 13.5. The minimum Gasteiger partial charge on any atom is -0.495 e. The maximum atomic E-state index is 12.9. The van der Waals surface area contributed by atoms with E-state index in [1.165, 1.54) is 7.11 Å². The molecule has 1 heterocycles. The molecule has 0 spiro atoms. The van der Waals surface area contributed by atoms with Crippen LogP contribution in [0, 0.1) is 0 Å². The van der Waals surface area contributed by atoms with Crippen molar-refractivity contribution in [2.24, 2.45) is 0 Å². The molecule has 1 aliphatic heterocycles. The van der Waals surface area contributed by atoms with E-state index in [4.69, 9.17) is 4.74 Å². The number of nitrogens with zero attached hydrogens (tertiary/aromatic N) is 2. The molecule has 6 nitrogen and oxygen atoms in total. The van der Waals surface area contributed by atoms with Gasteiger partial charge < -0.3 is 14.5 Å². The van der Waals surface area contributed by atoms with Crippen LogP contribution in [-0.4, -0.2) is 59.7 Å². The molecule has 1 saturated heterocycles. The lowest BCUT2D eigenvalue weighted by atomic mass is 10.0.